The zero-order valence-corrected chi connectivity index (χ0v) is 11.7. The number of hydrogen-bond acceptors (Lipinski definition) is 2. The zero-order chi connectivity index (χ0) is 13.5. The highest BCUT2D eigenvalue weighted by molar-refractivity contribution is 5.82. The highest BCUT2D eigenvalue weighted by Gasteiger charge is 2.54. The number of carbonyl (C=O) groups excluding carboxylic acids is 1. The molecule has 0 bridgehead atoms. The van der Waals surface area contributed by atoms with Gasteiger partial charge in [-0.25, -0.2) is 0 Å². The number of fused-ring (bicyclic) bond motifs is 2. The number of ether oxygens (including phenoxy) is 1. The minimum atomic E-state index is 0.134. The molecule has 1 aliphatic heterocycles. The second kappa shape index (κ2) is 4.80. The van der Waals surface area contributed by atoms with E-state index >= 15 is 0 Å². The lowest BCUT2D eigenvalue weighted by atomic mass is 10.0. The Kier molecular flexibility index (Phi) is 2.94. The van der Waals surface area contributed by atoms with Gasteiger partial charge in [-0.05, 0) is 30.7 Å². The third-order valence-corrected chi connectivity index (χ3v) is 5.23. The summed E-state index contributed by atoms with van der Waals surface area (Å²) in [6.45, 7) is 0.694. The van der Waals surface area contributed by atoms with Crippen LogP contribution in [0.2, 0.25) is 0 Å². The van der Waals surface area contributed by atoms with Gasteiger partial charge in [0, 0.05) is 17.9 Å². The van der Waals surface area contributed by atoms with E-state index in [1.165, 1.54) is 25.7 Å². The molecule has 2 aliphatic carbocycles. The Labute approximate surface area is 119 Å². The van der Waals surface area contributed by atoms with Crippen molar-refractivity contribution in [1.82, 2.24) is 5.32 Å². The number of hydrogen-bond donors (Lipinski definition) is 1. The van der Waals surface area contributed by atoms with E-state index in [1.54, 1.807) is 0 Å². The molecule has 2 saturated carbocycles. The summed E-state index contributed by atoms with van der Waals surface area (Å²) < 4.78 is 5.65. The van der Waals surface area contributed by atoms with Gasteiger partial charge in [0.15, 0.2) is 0 Å². The molecule has 0 aromatic heterocycles. The second-order valence-corrected chi connectivity index (χ2v) is 6.37. The van der Waals surface area contributed by atoms with Gasteiger partial charge < -0.3 is 10.1 Å². The van der Waals surface area contributed by atoms with E-state index in [9.17, 15) is 4.79 Å². The van der Waals surface area contributed by atoms with Crippen LogP contribution in [0.4, 0.5) is 0 Å². The van der Waals surface area contributed by atoms with Gasteiger partial charge in [0.25, 0.3) is 0 Å². The highest BCUT2D eigenvalue weighted by Crippen LogP contribution is 2.55. The standard InChI is InChI=1S/C17H21NO2/c19-17(16-11-5-1-2-6-12(11)16)18-14-9-10-20-15-8-4-3-7-13(14)15/h3-4,7-8,11-12,14,16H,1-2,5-6,9-10H2,(H,18,19)/t11-,12-,14-/m1/s1. The van der Waals surface area contributed by atoms with Gasteiger partial charge in [-0.3, -0.25) is 4.79 Å². The number of carbonyl (C=O) groups is 1. The maximum atomic E-state index is 12.5. The van der Waals surface area contributed by atoms with Crippen LogP contribution < -0.4 is 10.1 Å². The Bertz CT molecular complexity index is 515. The van der Waals surface area contributed by atoms with E-state index in [4.69, 9.17) is 4.74 Å². The summed E-state index contributed by atoms with van der Waals surface area (Å²) in [5.74, 6) is 2.87. The van der Waals surface area contributed by atoms with Crippen LogP contribution in [0, 0.1) is 17.8 Å². The van der Waals surface area contributed by atoms with Crippen LogP contribution in [0.15, 0.2) is 24.3 Å². The van der Waals surface area contributed by atoms with Crippen LogP contribution >= 0.6 is 0 Å². The fourth-order valence-corrected chi connectivity index (χ4v) is 4.14. The van der Waals surface area contributed by atoms with Crippen molar-refractivity contribution < 1.29 is 9.53 Å². The molecule has 0 saturated heterocycles. The molecule has 1 heterocycles. The molecule has 4 rings (SSSR count). The molecule has 0 spiro atoms. The van der Waals surface area contributed by atoms with Crippen molar-refractivity contribution in [2.75, 3.05) is 6.61 Å². The van der Waals surface area contributed by atoms with Gasteiger partial charge in [-0.15, -0.1) is 0 Å². The fraction of sp³-hybridized carbons (Fsp3) is 0.588. The van der Waals surface area contributed by atoms with Crippen molar-refractivity contribution in [2.24, 2.45) is 17.8 Å². The van der Waals surface area contributed by atoms with Crippen LogP contribution in [0.25, 0.3) is 0 Å². The Morgan fingerprint density at radius 1 is 1.10 bits per heavy atom. The normalized spacial score (nSPS) is 34.4. The molecule has 3 heteroatoms. The summed E-state index contributed by atoms with van der Waals surface area (Å²) in [4.78, 5) is 12.5. The van der Waals surface area contributed by atoms with Crippen molar-refractivity contribution >= 4 is 5.91 Å². The monoisotopic (exact) mass is 271 g/mol. The van der Waals surface area contributed by atoms with Gasteiger partial charge in [-0.1, -0.05) is 31.0 Å². The smallest absolute Gasteiger partial charge is 0.224 e. The van der Waals surface area contributed by atoms with Crippen LogP contribution in [0.1, 0.15) is 43.7 Å². The number of para-hydroxylation sites is 1. The molecule has 3 aliphatic rings. The first-order valence-electron chi connectivity index (χ1n) is 7.87. The summed E-state index contributed by atoms with van der Waals surface area (Å²) in [6.07, 6.45) is 6.02. The van der Waals surface area contributed by atoms with Crippen molar-refractivity contribution in [1.29, 1.82) is 0 Å². The van der Waals surface area contributed by atoms with Crippen molar-refractivity contribution in [3.05, 3.63) is 29.8 Å². The highest BCUT2D eigenvalue weighted by atomic mass is 16.5. The van der Waals surface area contributed by atoms with Crippen molar-refractivity contribution in [3.63, 3.8) is 0 Å². The van der Waals surface area contributed by atoms with Gasteiger partial charge >= 0.3 is 0 Å². The largest absolute Gasteiger partial charge is 0.493 e. The summed E-state index contributed by atoms with van der Waals surface area (Å²) in [7, 11) is 0. The number of amides is 1. The number of nitrogens with one attached hydrogen (secondary N) is 1. The first kappa shape index (κ1) is 12.2. The van der Waals surface area contributed by atoms with Gasteiger partial charge in [-0.2, -0.15) is 0 Å². The molecular formula is C17H21NO2. The minimum Gasteiger partial charge on any atom is -0.493 e. The molecule has 20 heavy (non-hydrogen) atoms. The van der Waals surface area contributed by atoms with Crippen molar-refractivity contribution in [3.8, 4) is 5.75 Å². The van der Waals surface area contributed by atoms with Gasteiger partial charge in [0.2, 0.25) is 5.91 Å². The average molecular weight is 271 g/mol. The van der Waals surface area contributed by atoms with Gasteiger partial charge in [0.05, 0.1) is 12.6 Å². The summed E-state index contributed by atoms with van der Waals surface area (Å²) in [5, 5.41) is 3.27. The quantitative estimate of drug-likeness (QED) is 0.897. The predicted molar refractivity (Wildman–Crippen MR) is 76.4 cm³/mol. The fourth-order valence-electron chi connectivity index (χ4n) is 4.14. The molecular weight excluding hydrogens is 250 g/mol. The van der Waals surface area contributed by atoms with E-state index in [1.807, 2.05) is 18.2 Å². The SMILES string of the molecule is O=C(N[C@@H]1CCOc2ccccc21)C1[C@@H]2CCCC[C@@H]12. The van der Waals surface area contributed by atoms with Gasteiger partial charge in [0.1, 0.15) is 5.75 Å². The summed E-state index contributed by atoms with van der Waals surface area (Å²) in [5.41, 5.74) is 1.13. The van der Waals surface area contributed by atoms with E-state index in [2.05, 4.69) is 11.4 Å². The van der Waals surface area contributed by atoms with E-state index < -0.39 is 0 Å². The minimum absolute atomic E-state index is 0.134. The Hall–Kier alpha value is -1.51. The van der Waals surface area contributed by atoms with Crippen molar-refractivity contribution in [2.45, 2.75) is 38.1 Å². The summed E-state index contributed by atoms with van der Waals surface area (Å²) >= 11 is 0. The number of rotatable bonds is 2. The first-order chi connectivity index (χ1) is 9.84. The third kappa shape index (κ3) is 2.00. The zero-order valence-electron chi connectivity index (χ0n) is 11.7. The molecule has 2 fully saturated rings. The first-order valence-corrected chi connectivity index (χ1v) is 7.87. The Balaban J connectivity index is 1.46. The lowest BCUT2D eigenvalue weighted by molar-refractivity contribution is -0.123. The second-order valence-electron chi connectivity index (χ2n) is 6.37. The van der Waals surface area contributed by atoms with Crippen LogP contribution in [-0.2, 0) is 4.79 Å². The molecule has 3 nitrogen and oxygen atoms in total. The predicted octanol–water partition coefficient (Wildman–Crippen LogP) is 3.06. The van der Waals surface area contributed by atoms with Crippen LogP contribution in [0.5, 0.6) is 5.75 Å². The third-order valence-electron chi connectivity index (χ3n) is 5.23. The Morgan fingerprint density at radius 3 is 2.65 bits per heavy atom. The number of benzene rings is 1. The average Bonchev–Trinajstić information content (AvgIpc) is 3.22. The van der Waals surface area contributed by atoms with Crippen LogP contribution in [-0.4, -0.2) is 12.5 Å². The lowest BCUT2D eigenvalue weighted by Gasteiger charge is -2.26. The molecule has 1 amide bonds. The topological polar surface area (TPSA) is 38.3 Å². The maximum absolute atomic E-state index is 12.5. The Morgan fingerprint density at radius 2 is 1.85 bits per heavy atom. The molecule has 1 aromatic rings. The molecule has 106 valence electrons. The molecule has 1 N–H and O–H groups in total. The van der Waals surface area contributed by atoms with Crippen LogP contribution in [0.3, 0.4) is 0 Å². The molecule has 3 atom stereocenters. The molecule has 1 aromatic carbocycles. The van der Waals surface area contributed by atoms with E-state index in [0.29, 0.717) is 24.4 Å². The molecule has 0 unspecified atom stereocenters. The lowest BCUT2D eigenvalue weighted by Crippen LogP contribution is -2.33. The maximum Gasteiger partial charge on any atom is 0.224 e. The van der Waals surface area contributed by atoms with E-state index in [0.717, 1.165) is 17.7 Å². The molecule has 0 radical (unpaired) electrons. The summed E-state index contributed by atoms with van der Waals surface area (Å²) in [6, 6.07) is 8.20. The van der Waals surface area contributed by atoms with E-state index in [-0.39, 0.29) is 11.9 Å².